The third-order valence-electron chi connectivity index (χ3n) is 2.26. The molecule has 0 aromatic heterocycles. The molecule has 0 fully saturated rings. The van der Waals surface area contributed by atoms with Crippen molar-refractivity contribution in [3.05, 3.63) is 59.7 Å². The van der Waals surface area contributed by atoms with Crippen LogP contribution in [0.5, 0.6) is 11.5 Å². The van der Waals surface area contributed by atoms with Crippen LogP contribution in [-0.2, 0) is 0 Å². The molecular weight excluding hydrogens is 224 g/mol. The molecule has 18 heavy (non-hydrogen) atoms. The van der Waals surface area contributed by atoms with E-state index in [0.717, 1.165) is 23.5 Å². The molecular formula is C16H20O2. The number of benzene rings is 2. The van der Waals surface area contributed by atoms with Gasteiger partial charge in [0.15, 0.2) is 0 Å². The largest absolute Gasteiger partial charge is 0.508 e. The number of aryl methyl sites for hydroxylation is 2. The van der Waals surface area contributed by atoms with Crippen LogP contribution >= 0.6 is 0 Å². The minimum Gasteiger partial charge on any atom is -0.508 e. The van der Waals surface area contributed by atoms with E-state index in [0.29, 0.717) is 5.75 Å². The van der Waals surface area contributed by atoms with E-state index in [2.05, 4.69) is 0 Å². The van der Waals surface area contributed by atoms with E-state index in [4.69, 9.17) is 9.84 Å². The highest BCUT2D eigenvalue weighted by Crippen LogP contribution is 2.13. The predicted molar refractivity (Wildman–Crippen MR) is 75.2 cm³/mol. The van der Waals surface area contributed by atoms with E-state index < -0.39 is 0 Å². The summed E-state index contributed by atoms with van der Waals surface area (Å²) in [5.41, 5.74) is 2.21. The fourth-order valence-corrected chi connectivity index (χ4v) is 1.63. The standard InChI is InChI=1S/2C8H10O/c1-6-3-7(2)5-8(9)4-6;1-2-9-8-6-4-3-5-7-8/h3-5,9H,1-2H3;3-7H,2H2,1H3. The minimum atomic E-state index is 0.354. The Bertz CT molecular complexity index is 413. The second-order valence-corrected chi connectivity index (χ2v) is 4.09. The molecule has 2 aromatic rings. The molecule has 0 amide bonds. The Kier molecular flexibility index (Phi) is 5.78. The molecule has 0 atom stereocenters. The number of hydrogen-bond donors (Lipinski definition) is 1. The van der Waals surface area contributed by atoms with Gasteiger partial charge in [-0.05, 0) is 56.2 Å². The van der Waals surface area contributed by atoms with E-state index in [1.807, 2.05) is 57.2 Å². The molecule has 1 N–H and O–H groups in total. The molecule has 0 aliphatic heterocycles. The first-order valence-electron chi connectivity index (χ1n) is 6.07. The maximum Gasteiger partial charge on any atom is 0.119 e. The number of aromatic hydroxyl groups is 1. The maximum atomic E-state index is 8.99. The van der Waals surface area contributed by atoms with Crippen molar-refractivity contribution >= 4 is 0 Å². The number of ether oxygens (including phenoxy) is 1. The van der Waals surface area contributed by atoms with Crippen molar-refractivity contribution in [3.63, 3.8) is 0 Å². The summed E-state index contributed by atoms with van der Waals surface area (Å²) >= 11 is 0. The molecule has 2 aromatic carbocycles. The second kappa shape index (κ2) is 7.38. The van der Waals surface area contributed by atoms with Crippen molar-refractivity contribution in [1.82, 2.24) is 0 Å². The lowest BCUT2D eigenvalue weighted by atomic mass is 10.1. The van der Waals surface area contributed by atoms with Crippen LogP contribution in [0.4, 0.5) is 0 Å². The molecule has 0 saturated carbocycles. The molecule has 0 aliphatic carbocycles. The summed E-state index contributed by atoms with van der Waals surface area (Å²) < 4.78 is 5.21. The average molecular weight is 244 g/mol. The van der Waals surface area contributed by atoms with Crippen LogP contribution < -0.4 is 4.74 Å². The Morgan fingerprint density at radius 2 is 1.50 bits per heavy atom. The predicted octanol–water partition coefficient (Wildman–Crippen LogP) is 4.09. The van der Waals surface area contributed by atoms with Gasteiger partial charge in [-0.25, -0.2) is 0 Å². The molecule has 0 bridgehead atoms. The average Bonchev–Trinajstić information content (AvgIpc) is 2.29. The highest BCUT2D eigenvalue weighted by atomic mass is 16.5. The van der Waals surface area contributed by atoms with Crippen LogP contribution in [0, 0.1) is 13.8 Å². The Balaban J connectivity index is 0.000000180. The fraction of sp³-hybridized carbons (Fsp3) is 0.250. The lowest BCUT2D eigenvalue weighted by molar-refractivity contribution is 0.340. The lowest BCUT2D eigenvalue weighted by Crippen LogP contribution is -1.89. The third kappa shape index (κ3) is 5.39. The normalized spacial score (nSPS) is 9.28. The van der Waals surface area contributed by atoms with Gasteiger partial charge in [0.1, 0.15) is 11.5 Å². The van der Waals surface area contributed by atoms with Gasteiger partial charge in [0.05, 0.1) is 6.61 Å². The summed E-state index contributed by atoms with van der Waals surface area (Å²) in [6.07, 6.45) is 0. The smallest absolute Gasteiger partial charge is 0.119 e. The van der Waals surface area contributed by atoms with Crippen LogP contribution in [0.1, 0.15) is 18.1 Å². The van der Waals surface area contributed by atoms with Crippen molar-refractivity contribution < 1.29 is 9.84 Å². The SMILES string of the molecule is CCOc1ccccc1.Cc1cc(C)cc(O)c1. The summed E-state index contributed by atoms with van der Waals surface area (Å²) in [6.45, 7) is 6.65. The molecule has 0 aliphatic rings. The zero-order valence-corrected chi connectivity index (χ0v) is 11.2. The van der Waals surface area contributed by atoms with Gasteiger partial charge in [-0.1, -0.05) is 24.3 Å². The topological polar surface area (TPSA) is 29.5 Å². The summed E-state index contributed by atoms with van der Waals surface area (Å²) in [6, 6.07) is 15.3. The zero-order chi connectivity index (χ0) is 13.4. The summed E-state index contributed by atoms with van der Waals surface area (Å²) in [5.74, 6) is 1.30. The highest BCUT2D eigenvalue weighted by Gasteiger charge is 1.89. The van der Waals surface area contributed by atoms with E-state index in [-0.39, 0.29) is 0 Å². The van der Waals surface area contributed by atoms with Gasteiger partial charge in [-0.15, -0.1) is 0 Å². The molecule has 0 saturated heterocycles. The Hall–Kier alpha value is -1.96. The minimum absolute atomic E-state index is 0.354. The van der Waals surface area contributed by atoms with Crippen molar-refractivity contribution in [3.8, 4) is 11.5 Å². The van der Waals surface area contributed by atoms with Crippen molar-refractivity contribution in [2.75, 3.05) is 6.61 Å². The number of phenols is 1. The van der Waals surface area contributed by atoms with Gasteiger partial charge >= 0.3 is 0 Å². The maximum absolute atomic E-state index is 8.99. The van der Waals surface area contributed by atoms with Crippen molar-refractivity contribution in [2.45, 2.75) is 20.8 Å². The van der Waals surface area contributed by atoms with Crippen LogP contribution in [0.25, 0.3) is 0 Å². The van der Waals surface area contributed by atoms with Crippen LogP contribution in [0.15, 0.2) is 48.5 Å². The van der Waals surface area contributed by atoms with E-state index in [9.17, 15) is 0 Å². The van der Waals surface area contributed by atoms with Gasteiger partial charge in [-0.2, -0.15) is 0 Å². The summed E-state index contributed by atoms with van der Waals surface area (Å²) in [5, 5.41) is 8.99. The van der Waals surface area contributed by atoms with Crippen LogP contribution in [0.2, 0.25) is 0 Å². The molecule has 0 unspecified atom stereocenters. The second-order valence-electron chi connectivity index (χ2n) is 4.09. The summed E-state index contributed by atoms with van der Waals surface area (Å²) in [7, 11) is 0. The van der Waals surface area contributed by atoms with Crippen LogP contribution in [-0.4, -0.2) is 11.7 Å². The van der Waals surface area contributed by atoms with Gasteiger partial charge in [-0.3, -0.25) is 0 Å². The molecule has 2 heteroatoms. The number of para-hydroxylation sites is 1. The van der Waals surface area contributed by atoms with Crippen LogP contribution in [0.3, 0.4) is 0 Å². The highest BCUT2D eigenvalue weighted by molar-refractivity contribution is 5.31. The molecule has 0 radical (unpaired) electrons. The zero-order valence-electron chi connectivity index (χ0n) is 11.2. The number of hydrogen-bond acceptors (Lipinski definition) is 2. The van der Waals surface area contributed by atoms with E-state index in [1.165, 1.54) is 0 Å². The molecule has 96 valence electrons. The van der Waals surface area contributed by atoms with Gasteiger partial charge < -0.3 is 9.84 Å². The Labute approximate surface area is 109 Å². The molecule has 0 heterocycles. The van der Waals surface area contributed by atoms with E-state index >= 15 is 0 Å². The molecule has 0 spiro atoms. The number of rotatable bonds is 2. The van der Waals surface area contributed by atoms with Gasteiger partial charge in [0.25, 0.3) is 0 Å². The van der Waals surface area contributed by atoms with Crippen molar-refractivity contribution in [2.24, 2.45) is 0 Å². The Morgan fingerprint density at radius 1 is 0.944 bits per heavy atom. The molecule has 2 nitrogen and oxygen atoms in total. The van der Waals surface area contributed by atoms with Crippen molar-refractivity contribution in [1.29, 1.82) is 0 Å². The Morgan fingerprint density at radius 3 is 1.94 bits per heavy atom. The summed E-state index contributed by atoms with van der Waals surface area (Å²) in [4.78, 5) is 0. The lowest BCUT2D eigenvalue weighted by Gasteiger charge is -1.99. The quantitative estimate of drug-likeness (QED) is 0.862. The number of phenolic OH excluding ortho intramolecular Hbond substituents is 1. The van der Waals surface area contributed by atoms with Gasteiger partial charge in [0, 0.05) is 0 Å². The van der Waals surface area contributed by atoms with Gasteiger partial charge in [0.2, 0.25) is 0 Å². The first-order chi connectivity index (χ1) is 8.61. The first kappa shape index (κ1) is 14.1. The van der Waals surface area contributed by atoms with E-state index in [1.54, 1.807) is 12.1 Å². The monoisotopic (exact) mass is 244 g/mol. The molecule has 2 rings (SSSR count). The first-order valence-corrected chi connectivity index (χ1v) is 6.07. The fourth-order valence-electron chi connectivity index (χ4n) is 1.63. The third-order valence-corrected chi connectivity index (χ3v) is 2.26.